The largest absolute Gasteiger partial charge is 0.507 e. The number of hydrogen-bond acceptors (Lipinski definition) is 5. The molecule has 2 N–H and O–H groups in total. The van der Waals surface area contributed by atoms with Crippen LogP contribution in [0.2, 0.25) is 0 Å². The SMILES string of the molecule is Cc1cc(C(F)(F)F)cc(O)c1-c1ccc(N[C@H]2CC[C@@H]3CC[C@H]2N3C)nn1. The first kappa shape index (κ1) is 19.0. The number of rotatable bonds is 3. The third kappa shape index (κ3) is 3.41. The lowest BCUT2D eigenvalue weighted by Crippen LogP contribution is -2.48. The van der Waals surface area contributed by atoms with E-state index in [2.05, 4.69) is 27.5 Å². The molecule has 4 rings (SSSR count). The monoisotopic (exact) mass is 392 g/mol. The van der Waals surface area contributed by atoms with Crippen molar-refractivity contribution in [3.8, 4) is 17.0 Å². The van der Waals surface area contributed by atoms with Crippen molar-refractivity contribution in [1.82, 2.24) is 15.1 Å². The maximum Gasteiger partial charge on any atom is 0.416 e. The van der Waals surface area contributed by atoms with E-state index in [9.17, 15) is 18.3 Å². The zero-order chi connectivity index (χ0) is 20.1. The Kier molecular flexibility index (Phi) is 4.69. The predicted molar refractivity (Wildman–Crippen MR) is 100 cm³/mol. The zero-order valence-electron chi connectivity index (χ0n) is 15.8. The Morgan fingerprint density at radius 2 is 1.86 bits per heavy atom. The lowest BCUT2D eigenvalue weighted by atomic mass is 9.98. The Morgan fingerprint density at radius 3 is 2.50 bits per heavy atom. The third-order valence-corrected chi connectivity index (χ3v) is 6.07. The normalized spacial score (nSPS) is 25.1. The van der Waals surface area contributed by atoms with Crippen molar-refractivity contribution in [2.75, 3.05) is 12.4 Å². The van der Waals surface area contributed by atoms with E-state index in [0.29, 0.717) is 35.2 Å². The number of fused-ring (bicyclic) bond motifs is 2. The van der Waals surface area contributed by atoms with Gasteiger partial charge in [-0.15, -0.1) is 10.2 Å². The molecule has 5 nitrogen and oxygen atoms in total. The van der Waals surface area contributed by atoms with E-state index in [1.165, 1.54) is 19.8 Å². The first-order valence-corrected chi connectivity index (χ1v) is 9.47. The van der Waals surface area contributed by atoms with Gasteiger partial charge in [0, 0.05) is 23.7 Å². The van der Waals surface area contributed by atoms with Gasteiger partial charge >= 0.3 is 6.18 Å². The number of anilines is 1. The average Bonchev–Trinajstić information content (AvgIpc) is 2.85. The third-order valence-electron chi connectivity index (χ3n) is 6.07. The summed E-state index contributed by atoms with van der Waals surface area (Å²) >= 11 is 0. The highest BCUT2D eigenvalue weighted by Gasteiger charge is 2.40. The fourth-order valence-electron chi connectivity index (χ4n) is 4.60. The number of benzene rings is 1. The quantitative estimate of drug-likeness (QED) is 0.819. The second-order valence-electron chi connectivity index (χ2n) is 7.78. The molecule has 0 spiro atoms. The summed E-state index contributed by atoms with van der Waals surface area (Å²) in [7, 11) is 2.17. The number of aromatic hydroxyl groups is 1. The molecule has 0 saturated carbocycles. The molecule has 0 aliphatic carbocycles. The van der Waals surface area contributed by atoms with Gasteiger partial charge in [0.25, 0.3) is 0 Å². The summed E-state index contributed by atoms with van der Waals surface area (Å²) in [4.78, 5) is 2.44. The standard InChI is InChI=1S/C20H23F3N4O/c1-11-9-12(20(21,22)23)10-17(28)19(11)15-6-8-18(26-25-15)24-14-5-3-13-4-7-16(14)27(13)2/h6,8-10,13-14,16,28H,3-5,7H2,1-2H3,(H,24,26)/t13-,14+,16-/m1/s1. The number of halogens is 3. The summed E-state index contributed by atoms with van der Waals surface area (Å²) < 4.78 is 38.7. The number of nitrogens with zero attached hydrogens (tertiary/aromatic N) is 3. The van der Waals surface area contributed by atoms with Crippen LogP contribution in [0.25, 0.3) is 11.3 Å². The van der Waals surface area contributed by atoms with E-state index in [0.717, 1.165) is 25.0 Å². The van der Waals surface area contributed by atoms with Crippen LogP contribution in [0.1, 0.15) is 36.8 Å². The van der Waals surface area contributed by atoms with E-state index < -0.39 is 17.5 Å². The maximum absolute atomic E-state index is 12.9. The molecule has 28 heavy (non-hydrogen) atoms. The Morgan fingerprint density at radius 1 is 1.11 bits per heavy atom. The van der Waals surface area contributed by atoms with Gasteiger partial charge in [-0.1, -0.05) is 0 Å². The van der Waals surface area contributed by atoms with Crippen LogP contribution >= 0.6 is 0 Å². The van der Waals surface area contributed by atoms with Crippen molar-refractivity contribution in [1.29, 1.82) is 0 Å². The van der Waals surface area contributed by atoms with Gasteiger partial charge in [0.15, 0.2) is 0 Å². The van der Waals surface area contributed by atoms with Crippen molar-refractivity contribution in [2.24, 2.45) is 0 Å². The van der Waals surface area contributed by atoms with Gasteiger partial charge in [0.1, 0.15) is 11.6 Å². The Labute approximate surface area is 161 Å². The van der Waals surface area contributed by atoms with Crippen LogP contribution in [0, 0.1) is 6.92 Å². The molecule has 3 atom stereocenters. The molecule has 2 aromatic rings. The Balaban J connectivity index is 1.54. The molecule has 2 aliphatic heterocycles. The van der Waals surface area contributed by atoms with Crippen LogP contribution < -0.4 is 5.32 Å². The summed E-state index contributed by atoms with van der Waals surface area (Å²) in [5.41, 5.74) is 0.0288. The number of phenolic OH excluding ortho intramolecular Hbond substituents is 1. The first-order valence-electron chi connectivity index (χ1n) is 9.47. The van der Waals surface area contributed by atoms with E-state index in [4.69, 9.17) is 0 Å². The van der Waals surface area contributed by atoms with Crippen LogP contribution in [0.4, 0.5) is 19.0 Å². The number of aromatic nitrogens is 2. The van der Waals surface area contributed by atoms with E-state index in [1.807, 2.05) is 0 Å². The van der Waals surface area contributed by atoms with Crippen LogP contribution in [-0.4, -0.2) is 45.4 Å². The Bertz CT molecular complexity index is 846. The molecule has 150 valence electrons. The molecule has 0 radical (unpaired) electrons. The summed E-state index contributed by atoms with van der Waals surface area (Å²) in [5.74, 6) is 0.185. The summed E-state index contributed by atoms with van der Waals surface area (Å²) in [6.45, 7) is 1.52. The van der Waals surface area contributed by atoms with Crippen LogP contribution in [0.3, 0.4) is 0 Å². The highest BCUT2D eigenvalue weighted by atomic mass is 19.4. The first-order chi connectivity index (χ1) is 13.2. The molecule has 0 amide bonds. The zero-order valence-corrected chi connectivity index (χ0v) is 15.8. The second kappa shape index (κ2) is 6.92. The van der Waals surface area contributed by atoms with Gasteiger partial charge in [0.05, 0.1) is 11.3 Å². The number of alkyl halides is 3. The summed E-state index contributed by atoms with van der Waals surface area (Å²) in [6.07, 6.45) is 0.142. The lowest BCUT2D eigenvalue weighted by molar-refractivity contribution is -0.137. The number of hydrogen-bond donors (Lipinski definition) is 2. The van der Waals surface area contributed by atoms with E-state index in [-0.39, 0.29) is 5.56 Å². The number of likely N-dealkylation sites (N-methyl/N-ethyl adjacent to an activating group) is 1. The van der Waals surface area contributed by atoms with Crippen molar-refractivity contribution in [3.63, 3.8) is 0 Å². The lowest BCUT2D eigenvalue weighted by Gasteiger charge is -2.38. The molecular weight excluding hydrogens is 369 g/mol. The molecule has 1 aromatic heterocycles. The average molecular weight is 392 g/mol. The molecule has 2 fully saturated rings. The smallest absolute Gasteiger partial charge is 0.416 e. The molecule has 1 aromatic carbocycles. The topological polar surface area (TPSA) is 61.3 Å². The minimum absolute atomic E-state index is 0.267. The maximum atomic E-state index is 12.9. The molecule has 0 unspecified atom stereocenters. The molecular formula is C20H23F3N4O. The second-order valence-corrected chi connectivity index (χ2v) is 7.78. The summed E-state index contributed by atoms with van der Waals surface area (Å²) in [6, 6.07) is 6.66. The van der Waals surface area contributed by atoms with Gasteiger partial charge in [-0.25, -0.2) is 0 Å². The van der Waals surface area contributed by atoms with E-state index in [1.54, 1.807) is 12.1 Å². The number of aryl methyl sites for hydroxylation is 1. The van der Waals surface area contributed by atoms with Gasteiger partial charge in [0.2, 0.25) is 0 Å². The van der Waals surface area contributed by atoms with Crippen molar-refractivity contribution in [2.45, 2.75) is 56.9 Å². The van der Waals surface area contributed by atoms with Crippen molar-refractivity contribution >= 4 is 5.82 Å². The molecule has 3 heterocycles. The number of piperidine rings is 1. The minimum atomic E-state index is -4.51. The molecule has 2 aliphatic rings. The van der Waals surface area contributed by atoms with Gasteiger partial charge in [-0.05, 0) is 69.5 Å². The summed E-state index contributed by atoms with van der Waals surface area (Å²) in [5, 5.41) is 21.9. The van der Waals surface area contributed by atoms with Gasteiger partial charge in [-0.2, -0.15) is 13.2 Å². The fraction of sp³-hybridized carbons (Fsp3) is 0.500. The number of phenols is 1. The van der Waals surface area contributed by atoms with Crippen molar-refractivity contribution < 1.29 is 18.3 Å². The highest BCUT2D eigenvalue weighted by molar-refractivity contribution is 5.71. The number of nitrogens with one attached hydrogen (secondary N) is 1. The molecule has 8 heteroatoms. The predicted octanol–water partition coefficient (Wildman–Crippen LogP) is 4.21. The fourth-order valence-corrected chi connectivity index (χ4v) is 4.60. The van der Waals surface area contributed by atoms with Crippen LogP contribution in [-0.2, 0) is 6.18 Å². The van der Waals surface area contributed by atoms with Crippen LogP contribution in [0.5, 0.6) is 5.75 Å². The Hall–Kier alpha value is -2.35. The molecule has 2 bridgehead atoms. The van der Waals surface area contributed by atoms with E-state index >= 15 is 0 Å². The van der Waals surface area contributed by atoms with Crippen LogP contribution in [0.15, 0.2) is 24.3 Å². The van der Waals surface area contributed by atoms with Crippen molar-refractivity contribution in [3.05, 3.63) is 35.4 Å². The molecule has 2 saturated heterocycles. The minimum Gasteiger partial charge on any atom is -0.507 e. The highest BCUT2D eigenvalue weighted by Crippen LogP contribution is 2.39. The van der Waals surface area contributed by atoms with Gasteiger partial charge in [-0.3, -0.25) is 4.90 Å². The van der Waals surface area contributed by atoms with Gasteiger partial charge < -0.3 is 10.4 Å².